The van der Waals surface area contributed by atoms with Gasteiger partial charge in [-0.2, -0.15) is 0 Å². The van der Waals surface area contributed by atoms with Crippen molar-refractivity contribution in [3.05, 3.63) is 70.4 Å². The van der Waals surface area contributed by atoms with Gasteiger partial charge in [0.1, 0.15) is 11.5 Å². The molecular weight excluding hydrogens is 410 g/mol. The smallest absolute Gasteiger partial charge is 0.337 e. The molecule has 0 radical (unpaired) electrons. The van der Waals surface area contributed by atoms with Crippen molar-refractivity contribution in [2.24, 2.45) is 0 Å². The average Bonchev–Trinajstić information content (AvgIpc) is 2.82. The number of rotatable bonds is 5. The fourth-order valence-electron chi connectivity index (χ4n) is 4.59. The molecule has 0 aromatic heterocycles. The van der Waals surface area contributed by atoms with Crippen LogP contribution in [0.15, 0.2) is 53.7 Å². The summed E-state index contributed by atoms with van der Waals surface area (Å²) in [5.41, 5.74) is 3.44. The Morgan fingerprint density at radius 3 is 2.34 bits per heavy atom. The number of esters is 1. The molecule has 0 bridgehead atoms. The Hall–Kier alpha value is -3.61. The van der Waals surface area contributed by atoms with Gasteiger partial charge in [-0.05, 0) is 42.3 Å². The Labute approximate surface area is 186 Å². The van der Waals surface area contributed by atoms with Gasteiger partial charge in [-0.25, -0.2) is 4.79 Å². The number of allylic oxidation sites excluding steroid dienone is 2. The van der Waals surface area contributed by atoms with Crippen LogP contribution in [0.4, 0.5) is 0 Å². The Balaban J connectivity index is 1.69. The first-order valence-electron chi connectivity index (χ1n) is 10.4. The molecule has 1 N–H and O–H groups in total. The van der Waals surface area contributed by atoms with Crippen LogP contribution < -0.4 is 14.8 Å². The maximum atomic E-state index is 13.3. The van der Waals surface area contributed by atoms with Gasteiger partial charge in [-0.15, -0.1) is 0 Å². The van der Waals surface area contributed by atoms with E-state index in [9.17, 15) is 14.4 Å². The highest BCUT2D eigenvalue weighted by Crippen LogP contribution is 2.45. The molecule has 1 aliphatic carbocycles. The molecule has 7 heteroatoms. The van der Waals surface area contributed by atoms with Gasteiger partial charge in [0.25, 0.3) is 0 Å². The molecule has 1 aliphatic heterocycles. The lowest BCUT2D eigenvalue weighted by atomic mass is 9.73. The molecule has 2 aromatic carbocycles. The largest absolute Gasteiger partial charge is 0.497 e. The molecule has 1 heterocycles. The average molecular weight is 435 g/mol. The van der Waals surface area contributed by atoms with E-state index in [2.05, 4.69) is 5.32 Å². The van der Waals surface area contributed by atoms with Crippen molar-refractivity contribution in [1.29, 1.82) is 0 Å². The number of carbonyl (C=O) groups excluding carboxylic acids is 3. The maximum absolute atomic E-state index is 13.3. The van der Waals surface area contributed by atoms with Crippen LogP contribution in [0.25, 0.3) is 0 Å². The zero-order valence-electron chi connectivity index (χ0n) is 18.3. The van der Waals surface area contributed by atoms with E-state index in [1.54, 1.807) is 38.5 Å². The molecule has 166 valence electrons. The second-order valence-corrected chi connectivity index (χ2v) is 7.95. The molecule has 0 fully saturated rings. The first kappa shape index (κ1) is 21.6. The highest BCUT2D eigenvalue weighted by atomic mass is 16.5. The summed E-state index contributed by atoms with van der Waals surface area (Å²) in [5, 5.41) is 2.93. The van der Waals surface area contributed by atoms with Gasteiger partial charge in [0, 0.05) is 41.5 Å². The molecule has 32 heavy (non-hydrogen) atoms. The number of hydrogen-bond donors (Lipinski definition) is 1. The number of Topliss-reactive ketones (excluding diaryl/α,β-unsaturated/α-hetero) is 1. The van der Waals surface area contributed by atoms with Crippen LogP contribution in [0.2, 0.25) is 0 Å². The highest BCUT2D eigenvalue weighted by Gasteiger charge is 2.39. The molecule has 1 amide bonds. The molecule has 2 atom stereocenters. The van der Waals surface area contributed by atoms with Gasteiger partial charge in [0.15, 0.2) is 5.78 Å². The molecule has 7 nitrogen and oxygen atoms in total. The standard InChI is InChI=1S/C25H25NO6/c1-30-17-8-9-22(31-2)18(12-17)16-10-20-24(21(27)11-16)19(13-23(28)26-20)14-4-6-15(7-5-14)25(29)32-3/h4-9,12,16,19H,10-11,13H2,1-3H3,(H,26,28)/t16-,19+/m0/s1. The van der Waals surface area contributed by atoms with Crippen LogP contribution in [0.5, 0.6) is 11.5 Å². The number of amides is 1. The van der Waals surface area contributed by atoms with Gasteiger partial charge in [0.05, 0.1) is 26.9 Å². The van der Waals surface area contributed by atoms with Crippen molar-refractivity contribution in [2.75, 3.05) is 21.3 Å². The zero-order valence-corrected chi connectivity index (χ0v) is 18.3. The van der Waals surface area contributed by atoms with Crippen LogP contribution in [-0.4, -0.2) is 39.0 Å². The number of methoxy groups -OCH3 is 3. The number of ketones is 1. The molecule has 4 rings (SSSR count). The van der Waals surface area contributed by atoms with Gasteiger partial charge in [0.2, 0.25) is 5.91 Å². The van der Waals surface area contributed by atoms with Crippen LogP contribution in [0, 0.1) is 0 Å². The van der Waals surface area contributed by atoms with Crippen molar-refractivity contribution in [2.45, 2.75) is 31.1 Å². The van der Waals surface area contributed by atoms with E-state index in [-0.39, 0.29) is 29.9 Å². The van der Waals surface area contributed by atoms with E-state index in [1.807, 2.05) is 18.2 Å². The monoisotopic (exact) mass is 435 g/mol. The Morgan fingerprint density at radius 1 is 0.938 bits per heavy atom. The van der Waals surface area contributed by atoms with Gasteiger partial charge in [-0.3, -0.25) is 9.59 Å². The van der Waals surface area contributed by atoms with E-state index in [1.165, 1.54) is 7.11 Å². The predicted octanol–water partition coefficient (Wildman–Crippen LogP) is 3.49. The quantitative estimate of drug-likeness (QED) is 0.723. The van der Waals surface area contributed by atoms with E-state index >= 15 is 0 Å². The highest BCUT2D eigenvalue weighted by molar-refractivity contribution is 6.02. The molecule has 0 unspecified atom stereocenters. The van der Waals surface area contributed by atoms with E-state index < -0.39 is 5.97 Å². The second kappa shape index (κ2) is 8.86. The summed E-state index contributed by atoms with van der Waals surface area (Å²) in [6, 6.07) is 12.4. The fourth-order valence-corrected chi connectivity index (χ4v) is 4.59. The lowest BCUT2D eigenvalue weighted by Crippen LogP contribution is -2.38. The van der Waals surface area contributed by atoms with Gasteiger partial charge < -0.3 is 19.5 Å². The third-order valence-electron chi connectivity index (χ3n) is 6.15. The molecule has 0 saturated carbocycles. The third kappa shape index (κ3) is 3.98. The van der Waals surface area contributed by atoms with E-state index in [0.717, 1.165) is 11.1 Å². The third-order valence-corrected chi connectivity index (χ3v) is 6.15. The molecular formula is C25H25NO6. The molecule has 0 saturated heterocycles. The van der Waals surface area contributed by atoms with Crippen molar-refractivity contribution >= 4 is 17.7 Å². The van der Waals surface area contributed by atoms with Gasteiger partial charge >= 0.3 is 5.97 Å². The number of hydrogen-bond acceptors (Lipinski definition) is 6. The van der Waals surface area contributed by atoms with Crippen LogP contribution in [0.1, 0.15) is 52.6 Å². The minimum absolute atomic E-state index is 0.00293. The van der Waals surface area contributed by atoms with Crippen LogP contribution >= 0.6 is 0 Å². The zero-order chi connectivity index (χ0) is 22.8. The molecule has 2 aromatic rings. The minimum atomic E-state index is -0.429. The summed E-state index contributed by atoms with van der Waals surface area (Å²) in [4.78, 5) is 37.6. The van der Waals surface area contributed by atoms with Crippen molar-refractivity contribution in [3.63, 3.8) is 0 Å². The lowest BCUT2D eigenvalue weighted by Gasteiger charge is -2.35. The number of ether oxygens (including phenoxy) is 3. The van der Waals surface area contributed by atoms with E-state index in [4.69, 9.17) is 14.2 Å². The first-order valence-corrected chi connectivity index (χ1v) is 10.4. The van der Waals surface area contributed by atoms with E-state index in [0.29, 0.717) is 41.2 Å². The normalized spacial score (nSPS) is 20.3. The van der Waals surface area contributed by atoms with Crippen LogP contribution in [0.3, 0.4) is 0 Å². The second-order valence-electron chi connectivity index (χ2n) is 7.95. The fraction of sp³-hybridized carbons (Fsp3) is 0.320. The van der Waals surface area contributed by atoms with Crippen molar-refractivity contribution in [1.82, 2.24) is 5.32 Å². The number of benzene rings is 2. The SMILES string of the molecule is COC(=O)c1ccc([C@H]2CC(=O)NC3=C2C(=O)C[C@@H](c2cc(OC)ccc2OC)C3)cc1. The number of carbonyl (C=O) groups is 3. The first-order chi connectivity index (χ1) is 15.4. The summed E-state index contributed by atoms with van der Waals surface area (Å²) in [6.07, 6.45) is 1.03. The Bertz CT molecular complexity index is 1100. The maximum Gasteiger partial charge on any atom is 0.337 e. The summed E-state index contributed by atoms with van der Waals surface area (Å²) in [6.45, 7) is 0. The Kier molecular flexibility index (Phi) is 5.99. The summed E-state index contributed by atoms with van der Waals surface area (Å²) in [7, 11) is 4.51. The van der Waals surface area contributed by atoms with Gasteiger partial charge in [-0.1, -0.05) is 12.1 Å². The molecule has 2 aliphatic rings. The number of nitrogens with one attached hydrogen (secondary N) is 1. The Morgan fingerprint density at radius 2 is 1.69 bits per heavy atom. The lowest BCUT2D eigenvalue weighted by molar-refractivity contribution is -0.122. The minimum Gasteiger partial charge on any atom is -0.497 e. The topological polar surface area (TPSA) is 90.9 Å². The van der Waals surface area contributed by atoms with Crippen LogP contribution in [-0.2, 0) is 14.3 Å². The molecule has 0 spiro atoms. The summed E-state index contributed by atoms with van der Waals surface area (Å²) < 4.78 is 15.6. The summed E-state index contributed by atoms with van der Waals surface area (Å²) in [5.74, 6) is 0.342. The predicted molar refractivity (Wildman–Crippen MR) is 117 cm³/mol. The van der Waals surface area contributed by atoms with Crippen molar-refractivity contribution in [3.8, 4) is 11.5 Å². The van der Waals surface area contributed by atoms with Crippen molar-refractivity contribution < 1.29 is 28.6 Å². The summed E-state index contributed by atoms with van der Waals surface area (Å²) >= 11 is 0.